The first kappa shape index (κ1) is 22.6. The number of ether oxygens (including phenoxy) is 1. The van der Waals surface area contributed by atoms with Crippen molar-refractivity contribution in [2.75, 3.05) is 13.1 Å². The van der Waals surface area contributed by atoms with E-state index < -0.39 is 29.2 Å². The summed E-state index contributed by atoms with van der Waals surface area (Å²) in [6.45, 7) is 0.251. The highest BCUT2D eigenvalue weighted by Crippen LogP contribution is 2.54. The first-order valence-electron chi connectivity index (χ1n) is 10.6. The highest BCUT2D eigenvalue weighted by atomic mass is 19.1. The number of benzene rings is 2. The maximum Gasteiger partial charge on any atom is 0.410 e. The van der Waals surface area contributed by atoms with Crippen molar-refractivity contribution in [1.29, 1.82) is 15.8 Å². The van der Waals surface area contributed by atoms with Crippen LogP contribution in [-0.2, 0) is 11.3 Å². The van der Waals surface area contributed by atoms with Crippen molar-refractivity contribution in [3.8, 4) is 18.2 Å². The van der Waals surface area contributed by atoms with Crippen LogP contribution in [-0.4, -0.2) is 24.1 Å². The Hall–Kier alpha value is -4.61. The predicted molar refractivity (Wildman–Crippen MR) is 119 cm³/mol. The van der Waals surface area contributed by atoms with Gasteiger partial charge in [-0.3, -0.25) is 0 Å². The molecule has 7 nitrogen and oxygen atoms in total. The number of hydrogen-bond donors (Lipinski definition) is 1. The molecule has 0 spiro atoms. The fraction of sp³-hybridized carbons (Fsp3) is 0.231. The Morgan fingerprint density at radius 2 is 1.79 bits per heavy atom. The Kier molecular flexibility index (Phi) is 6.04. The Labute approximate surface area is 196 Å². The zero-order chi connectivity index (χ0) is 24.3. The fourth-order valence-electron chi connectivity index (χ4n) is 4.71. The quantitative estimate of drug-likeness (QED) is 0.751. The van der Waals surface area contributed by atoms with Crippen molar-refractivity contribution in [1.82, 2.24) is 4.90 Å². The lowest BCUT2D eigenvalue weighted by Crippen LogP contribution is -2.49. The van der Waals surface area contributed by atoms with Gasteiger partial charge in [0.15, 0.2) is 5.41 Å². The van der Waals surface area contributed by atoms with Crippen LogP contribution in [0.5, 0.6) is 0 Å². The molecule has 0 aromatic heterocycles. The fourth-order valence-corrected chi connectivity index (χ4v) is 4.71. The molecule has 1 aliphatic carbocycles. The third-order valence-corrected chi connectivity index (χ3v) is 6.37. The highest BCUT2D eigenvalue weighted by molar-refractivity contribution is 5.69. The van der Waals surface area contributed by atoms with Gasteiger partial charge in [0.05, 0.1) is 23.4 Å². The molecule has 8 heteroatoms. The van der Waals surface area contributed by atoms with E-state index in [0.717, 1.165) is 5.56 Å². The van der Waals surface area contributed by atoms with Gasteiger partial charge in [-0.05, 0) is 22.8 Å². The number of fused-ring (bicyclic) bond motifs is 1. The van der Waals surface area contributed by atoms with Crippen molar-refractivity contribution in [3.63, 3.8) is 0 Å². The molecule has 1 aliphatic heterocycles. The summed E-state index contributed by atoms with van der Waals surface area (Å²) in [6, 6.07) is 21.0. The summed E-state index contributed by atoms with van der Waals surface area (Å²) in [5.41, 5.74) is 5.52. The summed E-state index contributed by atoms with van der Waals surface area (Å²) in [6.07, 6.45) is 1.07. The third kappa shape index (κ3) is 3.64. The van der Waals surface area contributed by atoms with Gasteiger partial charge in [0.25, 0.3) is 0 Å². The molecule has 2 aromatic carbocycles. The number of carbonyl (C=O) groups is 1. The molecular formula is C26H20FN5O2. The number of hydrogen-bond acceptors (Lipinski definition) is 6. The van der Waals surface area contributed by atoms with Gasteiger partial charge in [-0.15, -0.1) is 0 Å². The van der Waals surface area contributed by atoms with E-state index in [0.29, 0.717) is 5.57 Å². The van der Waals surface area contributed by atoms with E-state index in [-0.39, 0.29) is 36.5 Å². The zero-order valence-electron chi connectivity index (χ0n) is 18.1. The molecule has 0 saturated heterocycles. The lowest BCUT2D eigenvalue weighted by molar-refractivity contribution is 0.0897. The third-order valence-electron chi connectivity index (χ3n) is 6.37. The van der Waals surface area contributed by atoms with Crippen LogP contribution in [0.3, 0.4) is 0 Å². The SMILES string of the molecule is N#CC1=C(N)C(C#N)(C#N)[C@H](c2ccccc2F)[C@@H]2CN(C(=O)OCc3ccccc3)CC=C12. The average Bonchev–Trinajstić information content (AvgIpc) is 2.87. The summed E-state index contributed by atoms with van der Waals surface area (Å²) < 4.78 is 20.4. The van der Waals surface area contributed by atoms with Gasteiger partial charge in [0.2, 0.25) is 0 Å². The van der Waals surface area contributed by atoms with Gasteiger partial charge in [-0.25, -0.2) is 9.18 Å². The minimum absolute atomic E-state index is 0.0259. The second-order valence-corrected chi connectivity index (χ2v) is 8.14. The van der Waals surface area contributed by atoms with Crippen LogP contribution >= 0.6 is 0 Å². The summed E-state index contributed by atoms with van der Waals surface area (Å²) in [5.74, 6) is -2.34. The Morgan fingerprint density at radius 1 is 1.12 bits per heavy atom. The topological polar surface area (TPSA) is 127 Å². The van der Waals surface area contributed by atoms with Gasteiger partial charge in [0, 0.05) is 24.9 Å². The van der Waals surface area contributed by atoms with Crippen LogP contribution in [0.4, 0.5) is 9.18 Å². The molecular weight excluding hydrogens is 433 g/mol. The number of nitrogens with zero attached hydrogens (tertiary/aromatic N) is 4. The zero-order valence-corrected chi connectivity index (χ0v) is 18.1. The first-order chi connectivity index (χ1) is 16.5. The first-order valence-corrected chi connectivity index (χ1v) is 10.6. The van der Waals surface area contributed by atoms with E-state index in [1.54, 1.807) is 12.1 Å². The number of carbonyl (C=O) groups excluding carboxylic acids is 1. The molecule has 0 fully saturated rings. The van der Waals surface area contributed by atoms with Crippen molar-refractivity contribution >= 4 is 6.09 Å². The summed E-state index contributed by atoms with van der Waals surface area (Å²) in [5, 5.41) is 30.0. The maximum atomic E-state index is 15.0. The van der Waals surface area contributed by atoms with Crippen LogP contribution < -0.4 is 5.73 Å². The Balaban J connectivity index is 1.75. The molecule has 4 rings (SSSR count). The summed E-state index contributed by atoms with van der Waals surface area (Å²) >= 11 is 0. The maximum absolute atomic E-state index is 15.0. The number of allylic oxidation sites excluding steroid dienone is 2. The van der Waals surface area contributed by atoms with Gasteiger partial charge in [-0.1, -0.05) is 54.6 Å². The molecule has 34 heavy (non-hydrogen) atoms. The van der Waals surface area contributed by atoms with Crippen molar-refractivity contribution in [2.24, 2.45) is 17.1 Å². The van der Waals surface area contributed by atoms with Crippen LogP contribution in [0.1, 0.15) is 17.0 Å². The largest absolute Gasteiger partial charge is 0.445 e. The minimum atomic E-state index is -1.98. The molecule has 0 saturated carbocycles. The smallest absolute Gasteiger partial charge is 0.410 e. The Bertz CT molecular complexity index is 1300. The van der Waals surface area contributed by atoms with E-state index >= 15 is 0 Å². The monoisotopic (exact) mass is 453 g/mol. The summed E-state index contributed by atoms with van der Waals surface area (Å²) in [7, 11) is 0. The standard InChI is InChI=1S/C26H20FN5O2/c27-22-9-5-4-8-19(22)23-21-13-32(25(33)34-14-17-6-2-1-3-7-17)11-10-18(21)20(12-28)24(31)26(23,15-29)16-30/h1-10,21,23H,11,13-14,31H2/t21-,23-/m1/s1. The normalized spacial score (nSPS) is 20.8. The van der Waals surface area contributed by atoms with E-state index in [2.05, 4.69) is 0 Å². The molecule has 1 amide bonds. The molecule has 2 atom stereocenters. The van der Waals surface area contributed by atoms with Crippen molar-refractivity contribution in [2.45, 2.75) is 12.5 Å². The van der Waals surface area contributed by atoms with Crippen LogP contribution in [0.2, 0.25) is 0 Å². The van der Waals surface area contributed by atoms with Gasteiger partial charge < -0.3 is 15.4 Å². The Morgan fingerprint density at radius 3 is 2.44 bits per heavy atom. The number of amides is 1. The number of halogens is 1. The van der Waals surface area contributed by atoms with Gasteiger partial charge in [-0.2, -0.15) is 15.8 Å². The highest BCUT2D eigenvalue weighted by Gasteiger charge is 2.55. The van der Waals surface area contributed by atoms with E-state index in [9.17, 15) is 25.0 Å². The van der Waals surface area contributed by atoms with E-state index in [4.69, 9.17) is 10.5 Å². The minimum Gasteiger partial charge on any atom is -0.445 e. The van der Waals surface area contributed by atoms with Crippen molar-refractivity contribution in [3.05, 3.63) is 94.5 Å². The molecule has 1 heterocycles. The van der Waals surface area contributed by atoms with Crippen LogP contribution in [0.25, 0.3) is 0 Å². The lowest BCUT2D eigenvalue weighted by Gasteiger charge is -2.45. The molecule has 2 N–H and O–H groups in total. The molecule has 168 valence electrons. The predicted octanol–water partition coefficient (Wildman–Crippen LogP) is 3.89. The van der Waals surface area contributed by atoms with Crippen LogP contribution in [0, 0.1) is 51.1 Å². The molecule has 0 bridgehead atoms. The van der Waals surface area contributed by atoms with E-state index in [1.807, 2.05) is 48.5 Å². The van der Waals surface area contributed by atoms with Gasteiger partial charge >= 0.3 is 6.09 Å². The van der Waals surface area contributed by atoms with Crippen LogP contribution in [0.15, 0.2) is 77.5 Å². The molecule has 0 unspecified atom stereocenters. The van der Waals surface area contributed by atoms with E-state index in [1.165, 1.54) is 23.1 Å². The number of rotatable bonds is 3. The van der Waals surface area contributed by atoms with Gasteiger partial charge in [0.1, 0.15) is 18.5 Å². The second-order valence-electron chi connectivity index (χ2n) is 8.14. The molecule has 2 aliphatic rings. The summed E-state index contributed by atoms with van der Waals surface area (Å²) in [4.78, 5) is 14.3. The molecule has 2 aromatic rings. The van der Waals surface area contributed by atoms with Crippen molar-refractivity contribution < 1.29 is 13.9 Å². The molecule has 0 radical (unpaired) electrons. The second kappa shape index (κ2) is 9.10. The average molecular weight is 453 g/mol. The number of nitrogens with two attached hydrogens (primary N) is 1. The number of nitriles is 3. The lowest BCUT2D eigenvalue weighted by atomic mass is 9.58.